The highest BCUT2D eigenvalue weighted by Gasteiger charge is 2.35. The van der Waals surface area contributed by atoms with Crippen molar-refractivity contribution < 1.29 is 4.79 Å². The molecule has 2 atom stereocenters. The van der Waals surface area contributed by atoms with E-state index in [1.54, 1.807) is 36.0 Å². The van der Waals surface area contributed by atoms with Gasteiger partial charge in [0.15, 0.2) is 0 Å². The van der Waals surface area contributed by atoms with Gasteiger partial charge in [-0.25, -0.2) is 4.79 Å². The summed E-state index contributed by atoms with van der Waals surface area (Å²) >= 11 is 1.80. The Morgan fingerprint density at radius 1 is 1.48 bits per heavy atom. The van der Waals surface area contributed by atoms with Gasteiger partial charge in [0, 0.05) is 30.1 Å². The molecule has 112 valence electrons. The minimum atomic E-state index is -0.103. The number of anilines is 1. The van der Waals surface area contributed by atoms with E-state index < -0.39 is 0 Å². The van der Waals surface area contributed by atoms with Crippen LogP contribution in [0.5, 0.6) is 0 Å². The highest BCUT2D eigenvalue weighted by Crippen LogP contribution is 2.24. The summed E-state index contributed by atoms with van der Waals surface area (Å²) in [5.74, 6) is 0. The number of urea groups is 1. The number of likely N-dealkylation sites (N-methyl/N-ethyl adjacent to an activating group) is 1. The largest absolute Gasteiger partial charge is 0.322 e. The van der Waals surface area contributed by atoms with E-state index in [1.807, 2.05) is 19.0 Å². The van der Waals surface area contributed by atoms with E-state index in [0.29, 0.717) is 22.5 Å². The van der Waals surface area contributed by atoms with Gasteiger partial charge >= 0.3 is 6.03 Å². The van der Waals surface area contributed by atoms with Crippen molar-refractivity contribution in [2.75, 3.05) is 38.8 Å². The molecule has 0 saturated carbocycles. The Bertz CT molecular complexity index is 555. The molecule has 2 unspecified atom stereocenters. The lowest BCUT2D eigenvalue weighted by Gasteiger charge is -2.23. The van der Waals surface area contributed by atoms with E-state index in [1.165, 1.54) is 0 Å². The SMILES string of the molecule is CSC1CN(C(=O)Nc2cccc(C#N)c2)CC1N(C)C. The number of thioether (sulfide) groups is 1. The smallest absolute Gasteiger partial charge is 0.321 e. The van der Waals surface area contributed by atoms with Crippen LogP contribution in [0.15, 0.2) is 24.3 Å². The molecule has 1 aromatic carbocycles. The Morgan fingerprint density at radius 3 is 2.81 bits per heavy atom. The normalized spacial score (nSPS) is 21.4. The molecule has 1 aliphatic heterocycles. The van der Waals surface area contributed by atoms with Crippen molar-refractivity contribution in [2.24, 2.45) is 0 Å². The van der Waals surface area contributed by atoms with Gasteiger partial charge < -0.3 is 15.1 Å². The van der Waals surface area contributed by atoms with Crippen molar-refractivity contribution >= 4 is 23.5 Å². The lowest BCUT2D eigenvalue weighted by molar-refractivity contribution is 0.216. The molecule has 5 nitrogen and oxygen atoms in total. The van der Waals surface area contributed by atoms with Gasteiger partial charge in [-0.15, -0.1) is 0 Å². The lowest BCUT2D eigenvalue weighted by atomic mass is 10.2. The second kappa shape index (κ2) is 6.83. The zero-order chi connectivity index (χ0) is 15.4. The van der Waals surface area contributed by atoms with Crippen LogP contribution in [0.25, 0.3) is 0 Å². The van der Waals surface area contributed by atoms with Crippen LogP contribution >= 0.6 is 11.8 Å². The predicted molar refractivity (Wildman–Crippen MR) is 86.5 cm³/mol. The first-order valence-corrected chi connectivity index (χ1v) is 8.09. The molecule has 1 aromatic rings. The third kappa shape index (κ3) is 3.69. The lowest BCUT2D eigenvalue weighted by Crippen LogP contribution is -2.38. The molecule has 0 aromatic heterocycles. The molecular formula is C15H20N4OS. The average Bonchev–Trinajstić information content (AvgIpc) is 2.92. The summed E-state index contributed by atoms with van der Waals surface area (Å²) in [7, 11) is 4.09. The molecule has 2 amide bonds. The van der Waals surface area contributed by atoms with Crippen molar-refractivity contribution in [3.63, 3.8) is 0 Å². The van der Waals surface area contributed by atoms with Crippen LogP contribution in [-0.4, -0.2) is 60.6 Å². The van der Waals surface area contributed by atoms with Gasteiger partial charge in [-0.05, 0) is 38.6 Å². The standard InChI is InChI=1S/C15H20N4OS/c1-18(2)13-9-19(10-14(13)21-3)15(20)17-12-6-4-5-11(7-12)8-16/h4-7,13-14H,9-10H2,1-3H3,(H,17,20). The zero-order valence-electron chi connectivity index (χ0n) is 12.5. The van der Waals surface area contributed by atoms with E-state index in [2.05, 4.69) is 22.5 Å². The molecule has 0 radical (unpaired) electrons. The fourth-order valence-corrected chi connectivity index (χ4v) is 3.49. The van der Waals surface area contributed by atoms with Crippen LogP contribution in [0.2, 0.25) is 0 Å². The monoisotopic (exact) mass is 304 g/mol. The van der Waals surface area contributed by atoms with Gasteiger partial charge in [-0.2, -0.15) is 17.0 Å². The number of rotatable bonds is 3. The summed E-state index contributed by atoms with van der Waals surface area (Å²) < 4.78 is 0. The maximum atomic E-state index is 12.3. The first-order chi connectivity index (χ1) is 10.0. The van der Waals surface area contributed by atoms with Crippen molar-refractivity contribution in [1.82, 2.24) is 9.80 Å². The highest BCUT2D eigenvalue weighted by molar-refractivity contribution is 7.99. The first kappa shape index (κ1) is 15.7. The molecule has 1 saturated heterocycles. The van der Waals surface area contributed by atoms with E-state index in [9.17, 15) is 4.79 Å². The quantitative estimate of drug-likeness (QED) is 0.928. The number of hydrogen-bond donors (Lipinski definition) is 1. The van der Waals surface area contributed by atoms with Crippen LogP contribution in [0.4, 0.5) is 10.5 Å². The Labute approximate surface area is 129 Å². The number of nitrogens with one attached hydrogen (secondary N) is 1. The number of likely N-dealkylation sites (tertiary alicyclic amines) is 1. The van der Waals surface area contributed by atoms with Gasteiger partial charge in [0.05, 0.1) is 11.6 Å². The first-order valence-electron chi connectivity index (χ1n) is 6.80. The number of carbonyl (C=O) groups excluding carboxylic acids is 1. The molecule has 0 bridgehead atoms. The average molecular weight is 304 g/mol. The Morgan fingerprint density at radius 2 is 2.24 bits per heavy atom. The molecule has 1 aliphatic rings. The Hall–Kier alpha value is -1.71. The van der Waals surface area contributed by atoms with Crippen LogP contribution in [0, 0.1) is 11.3 Å². The van der Waals surface area contributed by atoms with Gasteiger partial charge in [-0.3, -0.25) is 0 Å². The number of amides is 2. The van der Waals surface area contributed by atoms with Crippen molar-refractivity contribution in [1.29, 1.82) is 5.26 Å². The predicted octanol–water partition coefficient (Wildman–Crippen LogP) is 2.07. The second-order valence-corrected chi connectivity index (χ2v) is 6.41. The summed E-state index contributed by atoms with van der Waals surface area (Å²) in [5, 5.41) is 12.2. The summed E-state index contributed by atoms with van der Waals surface area (Å²) in [6, 6.07) is 9.31. The summed E-state index contributed by atoms with van der Waals surface area (Å²) in [6.45, 7) is 1.47. The van der Waals surface area contributed by atoms with Crippen molar-refractivity contribution in [3.05, 3.63) is 29.8 Å². The molecule has 1 N–H and O–H groups in total. The topological polar surface area (TPSA) is 59.4 Å². The molecule has 0 aliphatic carbocycles. The fraction of sp³-hybridized carbons (Fsp3) is 0.467. The third-order valence-corrected chi connectivity index (χ3v) is 4.80. The fourth-order valence-electron chi connectivity index (χ4n) is 2.52. The minimum Gasteiger partial charge on any atom is -0.322 e. The molecular weight excluding hydrogens is 284 g/mol. The number of nitriles is 1. The van der Waals surface area contributed by atoms with Gasteiger partial charge in [0.2, 0.25) is 0 Å². The Kier molecular flexibility index (Phi) is 5.10. The van der Waals surface area contributed by atoms with E-state index in [-0.39, 0.29) is 6.03 Å². The maximum absolute atomic E-state index is 12.3. The third-order valence-electron chi connectivity index (χ3n) is 3.73. The molecule has 2 rings (SSSR count). The number of hydrogen-bond acceptors (Lipinski definition) is 4. The van der Waals surface area contributed by atoms with Crippen LogP contribution in [0.3, 0.4) is 0 Å². The zero-order valence-corrected chi connectivity index (χ0v) is 13.4. The second-order valence-electron chi connectivity index (χ2n) is 5.33. The van der Waals surface area contributed by atoms with Gasteiger partial charge in [-0.1, -0.05) is 6.07 Å². The van der Waals surface area contributed by atoms with Crippen molar-refractivity contribution in [3.8, 4) is 6.07 Å². The van der Waals surface area contributed by atoms with Crippen LogP contribution in [0.1, 0.15) is 5.56 Å². The number of carbonyl (C=O) groups is 1. The van der Waals surface area contributed by atoms with E-state index in [0.717, 1.165) is 13.1 Å². The molecule has 1 heterocycles. The summed E-state index contributed by atoms with van der Waals surface area (Å²) in [5.41, 5.74) is 1.20. The van der Waals surface area contributed by atoms with Gasteiger partial charge in [0.25, 0.3) is 0 Å². The van der Waals surface area contributed by atoms with E-state index in [4.69, 9.17) is 5.26 Å². The van der Waals surface area contributed by atoms with Gasteiger partial charge in [0.1, 0.15) is 0 Å². The van der Waals surface area contributed by atoms with Crippen molar-refractivity contribution in [2.45, 2.75) is 11.3 Å². The molecule has 0 spiro atoms. The number of benzene rings is 1. The molecule has 21 heavy (non-hydrogen) atoms. The highest BCUT2D eigenvalue weighted by atomic mass is 32.2. The minimum absolute atomic E-state index is 0.103. The van der Waals surface area contributed by atoms with Crippen LogP contribution < -0.4 is 5.32 Å². The summed E-state index contributed by atoms with van der Waals surface area (Å²) in [4.78, 5) is 16.4. The summed E-state index contributed by atoms with van der Waals surface area (Å²) in [6.07, 6.45) is 2.08. The Balaban J connectivity index is 2.02. The van der Waals surface area contributed by atoms with E-state index >= 15 is 0 Å². The number of nitrogens with zero attached hydrogens (tertiary/aromatic N) is 3. The molecule has 1 fully saturated rings. The molecule has 6 heteroatoms. The van der Waals surface area contributed by atoms with Crippen LogP contribution in [-0.2, 0) is 0 Å². The maximum Gasteiger partial charge on any atom is 0.321 e.